The molecule has 0 amide bonds. The van der Waals surface area contributed by atoms with Crippen molar-refractivity contribution < 1.29 is 8.78 Å². The molecule has 1 aliphatic heterocycles. The predicted octanol–water partition coefficient (Wildman–Crippen LogP) is 1.94. The van der Waals surface area contributed by atoms with Crippen LogP contribution >= 0.6 is 0 Å². The van der Waals surface area contributed by atoms with Crippen LogP contribution in [0.2, 0.25) is 0 Å². The van der Waals surface area contributed by atoms with Gasteiger partial charge in [0.05, 0.1) is 35.4 Å². The van der Waals surface area contributed by atoms with E-state index in [1.807, 2.05) is 0 Å². The molecule has 5 rings (SSSR count). The fourth-order valence-corrected chi connectivity index (χ4v) is 4.29. The largest absolute Gasteiger partial charge is 0.350 e. The Kier molecular flexibility index (Phi) is 4.10. The van der Waals surface area contributed by atoms with Crippen LogP contribution in [-0.4, -0.2) is 31.6 Å². The number of nitrogens with two attached hydrogens (primary N) is 1. The number of hydrogen-bond donors (Lipinski definition) is 2. The molecule has 0 aliphatic carbocycles. The molecule has 2 aromatic carbocycles. The molecule has 10 heteroatoms. The van der Waals surface area contributed by atoms with E-state index < -0.39 is 23.3 Å². The Bertz CT molecular complexity index is 1320. The molecule has 0 saturated carbocycles. The van der Waals surface area contributed by atoms with Gasteiger partial charge in [-0.3, -0.25) is 9.48 Å². The van der Waals surface area contributed by atoms with Crippen LogP contribution in [0.15, 0.2) is 47.5 Å². The van der Waals surface area contributed by atoms with Crippen molar-refractivity contribution in [2.45, 2.75) is 12.0 Å². The summed E-state index contributed by atoms with van der Waals surface area (Å²) in [4.78, 5) is 18.6. The monoisotopic (exact) mass is 409 g/mol. The minimum atomic E-state index is -0.562. The second-order valence-electron chi connectivity index (χ2n) is 7.15. The molecule has 0 bridgehead atoms. The third-order valence-electron chi connectivity index (χ3n) is 5.55. The van der Waals surface area contributed by atoms with Gasteiger partial charge in [-0.25, -0.2) is 18.9 Å². The SMILES string of the molecule is Cn1ncnc1[C@H]1c2n[nH]c(=O)c3cc(F)cc(c23)N(CN)[C@@H]1c1ccc(F)cc1. The van der Waals surface area contributed by atoms with E-state index in [4.69, 9.17) is 5.73 Å². The van der Waals surface area contributed by atoms with E-state index in [1.54, 1.807) is 28.8 Å². The number of hydrogen-bond acceptors (Lipinski definition) is 6. The molecule has 0 saturated heterocycles. The number of aromatic amines is 1. The van der Waals surface area contributed by atoms with Gasteiger partial charge in [-0.2, -0.15) is 10.2 Å². The van der Waals surface area contributed by atoms with E-state index in [9.17, 15) is 13.6 Å². The molecule has 3 N–H and O–H groups in total. The highest BCUT2D eigenvalue weighted by Gasteiger charge is 2.41. The molecule has 0 spiro atoms. The van der Waals surface area contributed by atoms with Crippen LogP contribution in [0.1, 0.15) is 29.0 Å². The standard InChI is InChI=1S/C20H17F2N7O/c1-28-19(24-9-25-28)16-17-15-13(20(30)27-26-17)6-12(22)7-14(15)29(8-23)18(16)10-2-4-11(21)5-3-10/h2-7,9,16,18H,8,23H2,1H3,(H,27,30)/t16-,18+/m0/s1. The quantitative estimate of drug-likeness (QED) is 0.536. The number of rotatable bonds is 3. The molecule has 0 fully saturated rings. The summed E-state index contributed by atoms with van der Waals surface area (Å²) in [5.41, 5.74) is 7.34. The van der Waals surface area contributed by atoms with Crippen molar-refractivity contribution in [3.05, 3.63) is 81.8 Å². The minimum absolute atomic E-state index is 0.0290. The Hall–Kier alpha value is -3.66. The summed E-state index contributed by atoms with van der Waals surface area (Å²) in [6, 6.07) is 8.06. The smallest absolute Gasteiger partial charge is 0.272 e. The van der Waals surface area contributed by atoms with Gasteiger partial charge in [0, 0.05) is 12.4 Å². The van der Waals surface area contributed by atoms with Gasteiger partial charge in [-0.15, -0.1) is 0 Å². The molecule has 0 unspecified atom stereocenters. The van der Waals surface area contributed by atoms with Crippen molar-refractivity contribution >= 4 is 16.5 Å². The second kappa shape index (κ2) is 6.70. The van der Waals surface area contributed by atoms with Crippen LogP contribution in [0.5, 0.6) is 0 Å². The number of benzene rings is 2. The summed E-state index contributed by atoms with van der Waals surface area (Å²) in [6.45, 7) is 0.0290. The first-order chi connectivity index (χ1) is 14.5. The normalized spacial score (nSPS) is 18.2. The number of H-pyrrole nitrogens is 1. The average molecular weight is 409 g/mol. The summed E-state index contributed by atoms with van der Waals surface area (Å²) >= 11 is 0. The van der Waals surface area contributed by atoms with E-state index in [-0.39, 0.29) is 17.9 Å². The van der Waals surface area contributed by atoms with Crippen molar-refractivity contribution in [2.75, 3.05) is 11.6 Å². The van der Waals surface area contributed by atoms with E-state index in [1.165, 1.54) is 30.6 Å². The van der Waals surface area contributed by atoms with Crippen LogP contribution in [0.3, 0.4) is 0 Å². The first-order valence-electron chi connectivity index (χ1n) is 9.27. The zero-order chi connectivity index (χ0) is 21.0. The van der Waals surface area contributed by atoms with Gasteiger partial charge in [0.1, 0.15) is 23.8 Å². The number of aromatic nitrogens is 5. The lowest BCUT2D eigenvalue weighted by Crippen LogP contribution is -2.42. The van der Waals surface area contributed by atoms with Crippen molar-refractivity contribution in [3.8, 4) is 0 Å². The maximum Gasteiger partial charge on any atom is 0.272 e. The van der Waals surface area contributed by atoms with Crippen molar-refractivity contribution in [1.82, 2.24) is 25.0 Å². The summed E-state index contributed by atoms with van der Waals surface area (Å²) in [5, 5.41) is 11.7. The Morgan fingerprint density at radius 2 is 1.93 bits per heavy atom. The average Bonchev–Trinajstić information content (AvgIpc) is 3.15. The van der Waals surface area contributed by atoms with Crippen LogP contribution in [0.25, 0.3) is 10.8 Å². The van der Waals surface area contributed by atoms with Crippen LogP contribution in [-0.2, 0) is 7.05 Å². The van der Waals surface area contributed by atoms with Gasteiger partial charge in [0.25, 0.3) is 5.56 Å². The zero-order valence-corrected chi connectivity index (χ0v) is 15.9. The first-order valence-corrected chi connectivity index (χ1v) is 9.27. The lowest BCUT2D eigenvalue weighted by Gasteiger charge is -2.42. The molecule has 1 aliphatic rings. The number of anilines is 1. The van der Waals surface area contributed by atoms with Crippen LogP contribution < -0.4 is 16.2 Å². The van der Waals surface area contributed by atoms with E-state index in [0.717, 1.165) is 5.56 Å². The Balaban J connectivity index is 1.89. The van der Waals surface area contributed by atoms with Crippen molar-refractivity contribution in [2.24, 2.45) is 12.8 Å². The fourth-order valence-electron chi connectivity index (χ4n) is 4.29. The summed E-state index contributed by atoms with van der Waals surface area (Å²) in [7, 11) is 1.75. The maximum atomic E-state index is 14.4. The molecule has 8 nitrogen and oxygen atoms in total. The van der Waals surface area contributed by atoms with Crippen molar-refractivity contribution in [3.63, 3.8) is 0 Å². The second-order valence-corrected chi connectivity index (χ2v) is 7.15. The van der Waals surface area contributed by atoms with Gasteiger partial charge >= 0.3 is 0 Å². The van der Waals surface area contributed by atoms with Crippen LogP contribution in [0, 0.1) is 11.6 Å². The highest BCUT2D eigenvalue weighted by molar-refractivity contribution is 5.97. The van der Waals surface area contributed by atoms with E-state index >= 15 is 0 Å². The van der Waals surface area contributed by atoms with Gasteiger partial charge in [-0.05, 0) is 29.8 Å². The highest BCUT2D eigenvalue weighted by Crippen LogP contribution is 2.49. The fraction of sp³-hybridized carbons (Fsp3) is 0.200. The van der Waals surface area contributed by atoms with E-state index in [2.05, 4.69) is 20.3 Å². The minimum Gasteiger partial charge on any atom is -0.350 e. The summed E-state index contributed by atoms with van der Waals surface area (Å²) < 4.78 is 29.7. The van der Waals surface area contributed by atoms with Gasteiger partial charge < -0.3 is 10.6 Å². The number of nitrogens with zero attached hydrogens (tertiary/aromatic N) is 5. The Labute approximate surface area is 169 Å². The molecule has 2 atom stereocenters. The van der Waals surface area contributed by atoms with Gasteiger partial charge in [0.15, 0.2) is 0 Å². The van der Waals surface area contributed by atoms with Crippen molar-refractivity contribution in [1.29, 1.82) is 0 Å². The van der Waals surface area contributed by atoms with Gasteiger partial charge in [-0.1, -0.05) is 12.1 Å². The molecule has 0 radical (unpaired) electrons. The highest BCUT2D eigenvalue weighted by atomic mass is 19.1. The lowest BCUT2D eigenvalue weighted by atomic mass is 9.82. The molecule has 30 heavy (non-hydrogen) atoms. The number of aryl methyl sites for hydroxylation is 1. The third kappa shape index (κ3) is 2.61. The summed E-state index contributed by atoms with van der Waals surface area (Å²) in [6.07, 6.45) is 1.42. The molecular weight excluding hydrogens is 392 g/mol. The molecule has 152 valence electrons. The first kappa shape index (κ1) is 18.4. The summed E-state index contributed by atoms with van der Waals surface area (Å²) in [5.74, 6) is -0.851. The molecule has 4 aromatic rings. The lowest BCUT2D eigenvalue weighted by molar-refractivity contribution is 0.499. The van der Waals surface area contributed by atoms with Gasteiger partial charge in [0.2, 0.25) is 0 Å². The maximum absolute atomic E-state index is 14.4. The predicted molar refractivity (Wildman–Crippen MR) is 106 cm³/mol. The Morgan fingerprint density at radius 1 is 1.17 bits per heavy atom. The molecule has 3 heterocycles. The topological polar surface area (TPSA) is 106 Å². The zero-order valence-electron chi connectivity index (χ0n) is 15.9. The van der Waals surface area contributed by atoms with E-state index in [0.29, 0.717) is 22.6 Å². The van der Waals surface area contributed by atoms with Crippen LogP contribution in [0.4, 0.5) is 14.5 Å². The molecular formula is C20H17F2N7O. The number of halogens is 2. The molecule has 2 aromatic heterocycles. The third-order valence-corrected chi connectivity index (χ3v) is 5.55. The Morgan fingerprint density at radius 3 is 2.60 bits per heavy atom. The number of nitrogens with one attached hydrogen (secondary N) is 1.